The molecule has 0 aliphatic heterocycles. The number of carboxylic acid groups (broad SMARTS) is 1. The van der Waals surface area contributed by atoms with Crippen molar-refractivity contribution in [1.82, 2.24) is 9.78 Å². The molecule has 0 radical (unpaired) electrons. The number of aromatic nitrogens is 2. The molecule has 0 atom stereocenters. The molecule has 34 heavy (non-hydrogen) atoms. The summed E-state index contributed by atoms with van der Waals surface area (Å²) in [5.41, 5.74) is 2.95. The van der Waals surface area contributed by atoms with Gasteiger partial charge in [-0.1, -0.05) is 58.5 Å². The second-order valence-electron chi connectivity index (χ2n) is 7.29. The van der Waals surface area contributed by atoms with Gasteiger partial charge >= 0.3 is 5.97 Å². The Morgan fingerprint density at radius 2 is 1.56 bits per heavy atom. The van der Waals surface area contributed by atoms with Gasteiger partial charge in [0.1, 0.15) is 0 Å². The third-order valence-corrected chi connectivity index (χ3v) is 6.15. The molecular formula is C24H15Cl4N3O3. The van der Waals surface area contributed by atoms with E-state index >= 15 is 0 Å². The summed E-state index contributed by atoms with van der Waals surface area (Å²) < 4.78 is 1.58. The van der Waals surface area contributed by atoms with E-state index in [4.69, 9.17) is 51.5 Å². The Morgan fingerprint density at radius 3 is 2.18 bits per heavy atom. The first-order valence-electron chi connectivity index (χ1n) is 9.81. The van der Waals surface area contributed by atoms with Crippen molar-refractivity contribution in [3.63, 3.8) is 0 Å². The fourth-order valence-corrected chi connectivity index (χ4v) is 4.32. The summed E-state index contributed by atoms with van der Waals surface area (Å²) >= 11 is 24.6. The summed E-state index contributed by atoms with van der Waals surface area (Å²) in [5.74, 6) is -1.67. The Bertz CT molecular complexity index is 1430. The van der Waals surface area contributed by atoms with Crippen LogP contribution in [-0.2, 0) is 0 Å². The largest absolute Gasteiger partial charge is 0.478 e. The summed E-state index contributed by atoms with van der Waals surface area (Å²) in [5, 5.41) is 17.8. The smallest absolute Gasteiger partial charge is 0.337 e. The molecule has 0 saturated carbocycles. The number of benzene rings is 3. The van der Waals surface area contributed by atoms with Crippen LogP contribution in [-0.4, -0.2) is 26.8 Å². The summed E-state index contributed by atoms with van der Waals surface area (Å²) in [4.78, 5) is 24.4. The molecule has 0 saturated heterocycles. The lowest BCUT2D eigenvalue weighted by atomic mass is 10.1. The lowest BCUT2D eigenvalue weighted by Crippen LogP contribution is -2.14. The van der Waals surface area contributed by atoms with Crippen molar-refractivity contribution in [3.8, 4) is 16.9 Å². The number of aromatic carboxylic acids is 1. The minimum absolute atomic E-state index is 0.00218. The van der Waals surface area contributed by atoms with Gasteiger partial charge in [0.15, 0.2) is 5.69 Å². The van der Waals surface area contributed by atoms with Gasteiger partial charge in [-0.05, 0) is 55.5 Å². The third kappa shape index (κ3) is 4.76. The van der Waals surface area contributed by atoms with Crippen molar-refractivity contribution in [2.75, 3.05) is 5.32 Å². The maximum atomic E-state index is 13.2. The standard InChI is InChI=1S/C24H15Cl4N3O3/c1-12-21(23(32)29-16-7-8-17(24(33)34)18(27)11-16)30-31(20-9-6-15(26)10-19(20)28)22(12)13-2-4-14(25)5-3-13/h2-11H,1H3,(H,29,32)(H,33,34). The average Bonchev–Trinajstić information content (AvgIpc) is 3.11. The molecule has 0 aliphatic carbocycles. The van der Waals surface area contributed by atoms with Crippen molar-refractivity contribution in [2.45, 2.75) is 6.92 Å². The SMILES string of the molecule is Cc1c(C(=O)Nc2ccc(C(=O)O)c(Cl)c2)nn(-c2ccc(Cl)cc2Cl)c1-c1ccc(Cl)cc1. The lowest BCUT2D eigenvalue weighted by Gasteiger charge is -2.11. The molecule has 2 N–H and O–H groups in total. The Kier molecular flexibility index (Phi) is 6.86. The highest BCUT2D eigenvalue weighted by molar-refractivity contribution is 6.36. The maximum absolute atomic E-state index is 13.2. The van der Waals surface area contributed by atoms with Crippen molar-refractivity contribution in [3.05, 3.63) is 97.6 Å². The lowest BCUT2D eigenvalue weighted by molar-refractivity contribution is 0.0697. The van der Waals surface area contributed by atoms with Crippen LogP contribution in [0.3, 0.4) is 0 Å². The first-order valence-corrected chi connectivity index (χ1v) is 11.3. The molecule has 0 unspecified atom stereocenters. The molecule has 3 aromatic carbocycles. The molecule has 1 amide bonds. The van der Waals surface area contributed by atoms with Gasteiger partial charge in [-0.2, -0.15) is 5.10 Å². The highest BCUT2D eigenvalue weighted by atomic mass is 35.5. The molecule has 0 bridgehead atoms. The fraction of sp³-hybridized carbons (Fsp3) is 0.0417. The number of hydrogen-bond acceptors (Lipinski definition) is 3. The molecule has 0 fully saturated rings. The van der Waals surface area contributed by atoms with Crippen molar-refractivity contribution in [1.29, 1.82) is 0 Å². The molecule has 4 rings (SSSR count). The number of carbonyl (C=O) groups is 2. The zero-order valence-electron chi connectivity index (χ0n) is 17.4. The number of nitrogens with zero attached hydrogens (tertiary/aromatic N) is 2. The Morgan fingerprint density at radius 1 is 0.882 bits per heavy atom. The monoisotopic (exact) mass is 533 g/mol. The predicted octanol–water partition coefficient (Wildman–Crippen LogP) is 7.41. The maximum Gasteiger partial charge on any atom is 0.337 e. The van der Waals surface area contributed by atoms with E-state index in [9.17, 15) is 9.59 Å². The van der Waals surface area contributed by atoms with Gasteiger partial charge < -0.3 is 10.4 Å². The van der Waals surface area contributed by atoms with Crippen molar-refractivity contribution >= 4 is 64.0 Å². The number of amides is 1. The van der Waals surface area contributed by atoms with E-state index in [1.165, 1.54) is 18.2 Å². The van der Waals surface area contributed by atoms with Gasteiger partial charge in [0.05, 0.1) is 27.0 Å². The molecule has 1 aromatic heterocycles. The number of nitrogens with one attached hydrogen (secondary N) is 1. The quantitative estimate of drug-likeness (QED) is 0.279. The van der Waals surface area contributed by atoms with Crippen LogP contribution < -0.4 is 5.32 Å². The summed E-state index contributed by atoms with van der Waals surface area (Å²) in [6.07, 6.45) is 0. The summed E-state index contributed by atoms with van der Waals surface area (Å²) in [6, 6.07) is 16.2. The molecular weight excluding hydrogens is 520 g/mol. The minimum atomic E-state index is -1.16. The number of anilines is 1. The van der Waals surface area contributed by atoms with Crippen LogP contribution in [0.2, 0.25) is 20.1 Å². The predicted molar refractivity (Wildman–Crippen MR) is 135 cm³/mol. The summed E-state index contributed by atoms with van der Waals surface area (Å²) in [6.45, 7) is 1.77. The van der Waals surface area contributed by atoms with Crippen LogP contribution >= 0.6 is 46.4 Å². The van der Waals surface area contributed by atoms with Gasteiger partial charge in [-0.15, -0.1) is 0 Å². The van der Waals surface area contributed by atoms with Crippen LogP contribution in [0.5, 0.6) is 0 Å². The number of carboxylic acids is 1. The van der Waals surface area contributed by atoms with Gasteiger partial charge in [0, 0.05) is 26.9 Å². The molecule has 0 spiro atoms. The third-order valence-electron chi connectivity index (χ3n) is 5.05. The van der Waals surface area contributed by atoms with E-state index in [1.54, 1.807) is 41.9 Å². The average molecular weight is 535 g/mol. The first kappa shape index (κ1) is 24.1. The van der Waals surface area contributed by atoms with E-state index in [0.717, 1.165) is 5.56 Å². The number of hydrogen-bond donors (Lipinski definition) is 2. The molecule has 1 heterocycles. The zero-order chi connectivity index (χ0) is 24.6. The number of carbonyl (C=O) groups excluding carboxylic acids is 1. The highest BCUT2D eigenvalue weighted by Gasteiger charge is 2.23. The van der Waals surface area contributed by atoms with Gasteiger partial charge in [0.25, 0.3) is 5.91 Å². The second kappa shape index (κ2) is 9.68. The van der Waals surface area contributed by atoms with Gasteiger partial charge in [0.2, 0.25) is 0 Å². The van der Waals surface area contributed by atoms with Crippen LogP contribution in [0.25, 0.3) is 16.9 Å². The molecule has 10 heteroatoms. The van der Waals surface area contributed by atoms with Gasteiger partial charge in [-0.25, -0.2) is 9.48 Å². The first-order chi connectivity index (χ1) is 16.2. The van der Waals surface area contributed by atoms with E-state index in [2.05, 4.69) is 10.4 Å². The molecule has 4 aromatic rings. The van der Waals surface area contributed by atoms with Crippen LogP contribution in [0.4, 0.5) is 5.69 Å². The normalized spacial score (nSPS) is 10.9. The topological polar surface area (TPSA) is 84.2 Å². The van der Waals surface area contributed by atoms with Crippen molar-refractivity contribution in [2.24, 2.45) is 0 Å². The van der Waals surface area contributed by atoms with Crippen molar-refractivity contribution < 1.29 is 14.7 Å². The van der Waals surface area contributed by atoms with Gasteiger partial charge in [-0.3, -0.25) is 4.79 Å². The van der Waals surface area contributed by atoms with E-state index in [0.29, 0.717) is 37.7 Å². The number of halogens is 4. The van der Waals surface area contributed by atoms with E-state index in [-0.39, 0.29) is 16.3 Å². The second-order valence-corrected chi connectivity index (χ2v) is 8.98. The van der Waals surface area contributed by atoms with Crippen LogP contribution in [0, 0.1) is 6.92 Å². The zero-order valence-corrected chi connectivity index (χ0v) is 20.5. The summed E-state index contributed by atoms with van der Waals surface area (Å²) in [7, 11) is 0. The molecule has 172 valence electrons. The van der Waals surface area contributed by atoms with E-state index in [1.807, 2.05) is 12.1 Å². The Balaban J connectivity index is 1.80. The Labute approximate surface area is 214 Å². The Hall–Kier alpha value is -3.03. The van der Waals surface area contributed by atoms with Crippen LogP contribution in [0.15, 0.2) is 60.7 Å². The van der Waals surface area contributed by atoms with Crippen LogP contribution in [0.1, 0.15) is 26.4 Å². The minimum Gasteiger partial charge on any atom is -0.478 e. The fourth-order valence-electron chi connectivity index (χ4n) is 3.44. The number of rotatable bonds is 5. The van der Waals surface area contributed by atoms with E-state index < -0.39 is 11.9 Å². The highest BCUT2D eigenvalue weighted by Crippen LogP contribution is 2.33. The molecule has 6 nitrogen and oxygen atoms in total. The molecule has 0 aliphatic rings.